The number of hydrogen-bond acceptors (Lipinski definition) is 6. The van der Waals surface area contributed by atoms with E-state index in [1.807, 2.05) is 35.9 Å². The van der Waals surface area contributed by atoms with E-state index in [9.17, 15) is 9.18 Å². The average molecular weight is 501 g/mol. The van der Waals surface area contributed by atoms with Crippen molar-refractivity contribution in [1.29, 1.82) is 0 Å². The summed E-state index contributed by atoms with van der Waals surface area (Å²) in [6.07, 6.45) is 0. The van der Waals surface area contributed by atoms with E-state index in [0.29, 0.717) is 17.3 Å². The van der Waals surface area contributed by atoms with Gasteiger partial charge >= 0.3 is 0 Å². The lowest BCUT2D eigenvalue weighted by Crippen LogP contribution is -2.43. The Kier molecular flexibility index (Phi) is 6.31. The Labute approximate surface area is 214 Å². The predicted octanol–water partition coefficient (Wildman–Crippen LogP) is 3.58. The molecule has 2 aliphatic rings. The molecule has 2 aromatic carbocycles. The molecule has 1 atom stereocenters. The van der Waals surface area contributed by atoms with Gasteiger partial charge in [-0.05, 0) is 48.9 Å². The zero-order valence-corrected chi connectivity index (χ0v) is 20.7. The Morgan fingerprint density at radius 1 is 1.03 bits per heavy atom. The van der Waals surface area contributed by atoms with Gasteiger partial charge in [0, 0.05) is 50.3 Å². The molecule has 1 unspecified atom stereocenters. The van der Waals surface area contributed by atoms with Crippen molar-refractivity contribution in [3.05, 3.63) is 82.4 Å². The minimum Gasteiger partial charge on any atom is -0.379 e. The molecule has 2 aromatic heterocycles. The molecule has 1 N–H and O–H groups in total. The zero-order chi connectivity index (χ0) is 25.4. The third kappa shape index (κ3) is 4.68. The van der Waals surface area contributed by atoms with Crippen molar-refractivity contribution in [3.8, 4) is 28.2 Å². The Hall–Kier alpha value is -3.82. The quantitative estimate of drug-likeness (QED) is 0.452. The van der Waals surface area contributed by atoms with Gasteiger partial charge in [0.15, 0.2) is 0 Å². The molecule has 37 heavy (non-hydrogen) atoms. The summed E-state index contributed by atoms with van der Waals surface area (Å²) in [6, 6.07) is 17.3. The molecule has 1 saturated heterocycles. The van der Waals surface area contributed by atoms with Gasteiger partial charge in [0.1, 0.15) is 17.3 Å². The highest BCUT2D eigenvalue weighted by molar-refractivity contribution is 5.87. The third-order valence-corrected chi connectivity index (χ3v) is 7.08. The molecule has 0 aliphatic carbocycles. The van der Waals surface area contributed by atoms with Gasteiger partial charge in [-0.3, -0.25) is 9.69 Å². The van der Waals surface area contributed by atoms with E-state index in [1.165, 1.54) is 22.9 Å². The van der Waals surface area contributed by atoms with E-state index in [0.717, 1.165) is 74.1 Å². The van der Waals surface area contributed by atoms with Gasteiger partial charge in [-0.25, -0.2) is 9.07 Å². The summed E-state index contributed by atoms with van der Waals surface area (Å²) < 4.78 is 22.7. The molecule has 1 fully saturated rings. The molecule has 0 saturated carbocycles. The van der Waals surface area contributed by atoms with Gasteiger partial charge in [0.2, 0.25) is 0 Å². The number of nitrogens with zero attached hydrogens (tertiary/aromatic N) is 5. The molecule has 4 aromatic rings. The average Bonchev–Trinajstić information content (AvgIpc) is 3.29. The van der Waals surface area contributed by atoms with Crippen LogP contribution in [0.15, 0.2) is 65.5 Å². The Bertz CT molecular complexity index is 1470. The van der Waals surface area contributed by atoms with Crippen LogP contribution in [0.1, 0.15) is 5.56 Å². The number of fused-ring (bicyclic) bond motifs is 1. The number of hydrogen-bond donors (Lipinski definition) is 1. The van der Waals surface area contributed by atoms with Crippen molar-refractivity contribution in [2.75, 3.05) is 44.7 Å². The van der Waals surface area contributed by atoms with Gasteiger partial charge < -0.3 is 10.1 Å². The normalized spacial score (nSPS) is 17.8. The third-order valence-electron chi connectivity index (χ3n) is 7.08. The molecule has 9 heteroatoms. The van der Waals surface area contributed by atoms with Crippen molar-refractivity contribution in [3.63, 3.8) is 0 Å². The van der Waals surface area contributed by atoms with Crippen LogP contribution in [0.25, 0.3) is 28.2 Å². The first-order valence-electron chi connectivity index (χ1n) is 12.6. The number of nitrogens with one attached hydrogen (secondary N) is 1. The van der Waals surface area contributed by atoms with Crippen LogP contribution in [0, 0.1) is 18.7 Å². The van der Waals surface area contributed by atoms with Gasteiger partial charge in [0.05, 0.1) is 30.2 Å². The fraction of sp³-hybridized carbons (Fsp3) is 0.321. The highest BCUT2D eigenvalue weighted by Gasteiger charge is 2.29. The number of rotatable bonds is 5. The number of anilines is 1. The fourth-order valence-corrected chi connectivity index (χ4v) is 5.17. The lowest BCUT2D eigenvalue weighted by Gasteiger charge is -2.33. The van der Waals surface area contributed by atoms with Crippen LogP contribution in [0.3, 0.4) is 0 Å². The summed E-state index contributed by atoms with van der Waals surface area (Å²) in [4.78, 5) is 15.3. The highest BCUT2D eigenvalue weighted by Crippen LogP contribution is 2.38. The van der Waals surface area contributed by atoms with Crippen LogP contribution in [0.5, 0.6) is 0 Å². The second-order valence-electron chi connectivity index (χ2n) is 9.68. The second kappa shape index (κ2) is 9.91. The maximum Gasteiger partial charge on any atom is 0.271 e. The number of halogens is 1. The molecule has 190 valence electrons. The molecular weight excluding hydrogens is 471 g/mol. The molecule has 0 amide bonds. The van der Waals surface area contributed by atoms with Crippen LogP contribution in [-0.4, -0.2) is 63.9 Å². The highest BCUT2D eigenvalue weighted by atomic mass is 19.1. The van der Waals surface area contributed by atoms with E-state index in [-0.39, 0.29) is 11.4 Å². The van der Waals surface area contributed by atoms with Crippen molar-refractivity contribution in [2.24, 2.45) is 5.92 Å². The summed E-state index contributed by atoms with van der Waals surface area (Å²) in [5.74, 6) is 0.942. The van der Waals surface area contributed by atoms with Crippen molar-refractivity contribution < 1.29 is 9.13 Å². The summed E-state index contributed by atoms with van der Waals surface area (Å²) in [7, 11) is 0. The van der Waals surface area contributed by atoms with Gasteiger partial charge in [-0.1, -0.05) is 18.2 Å². The summed E-state index contributed by atoms with van der Waals surface area (Å²) >= 11 is 0. The first-order chi connectivity index (χ1) is 18.1. The number of morpholine rings is 1. The van der Waals surface area contributed by atoms with E-state index in [2.05, 4.69) is 10.2 Å². The summed E-state index contributed by atoms with van der Waals surface area (Å²) in [6.45, 7) is 7.91. The van der Waals surface area contributed by atoms with Crippen LogP contribution in [-0.2, 0) is 11.3 Å². The Morgan fingerprint density at radius 2 is 1.81 bits per heavy atom. The summed E-state index contributed by atoms with van der Waals surface area (Å²) in [5.41, 5.74) is 4.41. The maximum absolute atomic E-state index is 13.7. The van der Waals surface area contributed by atoms with Crippen LogP contribution < -0.4 is 10.9 Å². The monoisotopic (exact) mass is 500 g/mol. The topological polar surface area (TPSA) is 77.2 Å². The number of aryl methyl sites for hydroxylation is 1. The van der Waals surface area contributed by atoms with Gasteiger partial charge in [-0.15, -0.1) is 0 Å². The number of aromatic nitrogens is 4. The smallest absolute Gasteiger partial charge is 0.271 e. The van der Waals surface area contributed by atoms with Crippen molar-refractivity contribution >= 4 is 5.82 Å². The van der Waals surface area contributed by atoms with Crippen LogP contribution >= 0.6 is 0 Å². The number of benzene rings is 2. The Morgan fingerprint density at radius 3 is 2.59 bits per heavy atom. The lowest BCUT2D eigenvalue weighted by atomic mass is 10.0. The molecule has 0 bridgehead atoms. The van der Waals surface area contributed by atoms with Gasteiger partial charge in [0.25, 0.3) is 5.56 Å². The number of ether oxygens (including phenoxy) is 1. The first-order valence-corrected chi connectivity index (χ1v) is 12.6. The predicted molar refractivity (Wildman–Crippen MR) is 140 cm³/mol. The fourth-order valence-electron chi connectivity index (χ4n) is 5.17. The molecule has 6 rings (SSSR count). The van der Waals surface area contributed by atoms with Crippen LogP contribution in [0.2, 0.25) is 0 Å². The molecule has 4 heterocycles. The van der Waals surface area contributed by atoms with Crippen molar-refractivity contribution in [2.45, 2.75) is 13.5 Å². The van der Waals surface area contributed by atoms with E-state index in [1.54, 1.807) is 18.2 Å². The molecule has 8 nitrogen and oxygen atoms in total. The second-order valence-corrected chi connectivity index (χ2v) is 9.68. The Balaban J connectivity index is 1.43. The standard InChI is InChI=1S/C28H29FN6O2/c1-19-4-2-3-5-24(19)35-25(36)11-10-23(31-35)26-27(21-6-8-22(29)9-7-21)32-34-18-20(16-30-28(26)34)17-33-12-14-37-15-13-33/h2-11,20,30H,12-18H2,1H3. The minimum atomic E-state index is -0.302. The van der Waals surface area contributed by atoms with Crippen LogP contribution in [0.4, 0.5) is 10.2 Å². The molecule has 0 spiro atoms. The SMILES string of the molecule is Cc1ccccc1-n1nc(-c2c(-c3ccc(F)cc3)nn3c2NCC(CN2CCOCC2)C3)ccc1=O. The zero-order valence-electron chi connectivity index (χ0n) is 20.7. The first kappa shape index (κ1) is 23.6. The lowest BCUT2D eigenvalue weighted by molar-refractivity contribution is 0.0297. The summed E-state index contributed by atoms with van der Waals surface area (Å²) in [5, 5.41) is 13.4. The van der Waals surface area contributed by atoms with E-state index >= 15 is 0 Å². The van der Waals surface area contributed by atoms with E-state index < -0.39 is 0 Å². The van der Waals surface area contributed by atoms with Gasteiger partial charge in [-0.2, -0.15) is 14.9 Å². The molecule has 2 aliphatic heterocycles. The largest absolute Gasteiger partial charge is 0.379 e. The van der Waals surface area contributed by atoms with Crippen molar-refractivity contribution in [1.82, 2.24) is 24.5 Å². The maximum atomic E-state index is 13.7. The number of para-hydroxylation sites is 1. The van der Waals surface area contributed by atoms with E-state index in [4.69, 9.17) is 14.9 Å². The molecular formula is C28H29FN6O2. The molecule has 0 radical (unpaired) electrons. The minimum absolute atomic E-state index is 0.207.